The molecule has 9 aromatic rings. The van der Waals surface area contributed by atoms with Crippen molar-refractivity contribution in [3.63, 3.8) is 0 Å². The van der Waals surface area contributed by atoms with Crippen molar-refractivity contribution in [2.75, 3.05) is 172 Å². The van der Waals surface area contributed by atoms with Crippen molar-refractivity contribution in [3.05, 3.63) is 154 Å². The number of piperidine rings is 2. The fourth-order valence-corrected chi connectivity index (χ4v) is 17.4. The van der Waals surface area contributed by atoms with Crippen LogP contribution in [0.1, 0.15) is 96.8 Å². The van der Waals surface area contributed by atoms with Crippen LogP contribution in [0.25, 0.3) is 22.3 Å². The van der Waals surface area contributed by atoms with Crippen LogP contribution in [0.4, 0.5) is 56.5 Å². The minimum Gasteiger partial charge on any atom is -0.495 e. The lowest BCUT2D eigenvalue weighted by atomic mass is 9.99. The Hall–Kier alpha value is -8.41. The number of aromatic nitrogens is 8. The highest BCUT2D eigenvalue weighted by atomic mass is 35.5. The van der Waals surface area contributed by atoms with Gasteiger partial charge < -0.3 is 69.7 Å². The molecule has 0 atom stereocenters. The van der Waals surface area contributed by atoms with Crippen LogP contribution in [0, 0.1) is 6.92 Å². The average molecular weight is 1740 g/mol. The van der Waals surface area contributed by atoms with Gasteiger partial charge in [-0.15, -0.1) is 0 Å². The number of halogens is 3. The van der Waals surface area contributed by atoms with Crippen molar-refractivity contribution < 1.29 is 46.2 Å². The standard InChI is InChI=1S/C34H45ClN9O2P.C20H22Cl2N5O3P.C19H32N4O.C7H8O3S.C4H10O/c1-6-23-17-29(31(46-3)19-30(23)44-11-9-26(10-12-44)43-15-13-42(2)14-16-43)40-34-36-22-27(35)33(41-34)39-28-8-7-24(25-20-37-38-21-25)18-32(28)47(4,5)45;1-20(2,3)30-19(28)27-11-13(9-24-27)12-6-7-15(16(8-12)31(4,5)29)25-17-14(21)10-23-18(22)26-17;1-4-15-13-17(20)19(24-3)14-18(15)23-7-5-16(6-8-23)22-11-9-21(2)10-12-22;1-6-2-4-7(5-3-6)11(8,9)10;1-2-3-4-5/h7-8,17-22,26H,6,9-16H2,1-5H3,(H,37,38)(H2,36,39,40,41);6-11H,1-5H3,(H,23,25,26);13-14,16H,4-12,20H2,1-3H3;2-5H,1H3,(H,8,9,10);5H,2-4H2,1H3. The van der Waals surface area contributed by atoms with Gasteiger partial charge in [-0.2, -0.15) is 33.3 Å². The van der Waals surface area contributed by atoms with Crippen molar-refractivity contribution in [3.8, 4) is 33.8 Å². The first-order valence-corrected chi connectivity index (χ1v) is 47.6. The molecule has 4 saturated heterocycles. The van der Waals surface area contributed by atoms with Gasteiger partial charge in [-0.3, -0.25) is 19.5 Å². The quantitative estimate of drug-likeness (QED) is 0.0152. The summed E-state index contributed by atoms with van der Waals surface area (Å²) in [4.78, 5) is 44.5. The number of nitrogens with zero attached hydrogens (tertiary/aromatic N) is 13. The highest BCUT2D eigenvalue weighted by Crippen LogP contribution is 2.44. The molecule has 4 aliphatic rings. The number of aliphatic hydroxyl groups excluding tert-OH is 1. The van der Waals surface area contributed by atoms with Crippen LogP contribution in [0.3, 0.4) is 0 Å². The number of hydrogen-bond acceptors (Lipinski definition) is 25. The van der Waals surface area contributed by atoms with E-state index >= 15 is 0 Å². The molecular weight excluding hydrogens is 1620 g/mol. The number of piperazine rings is 2. The zero-order valence-corrected chi connectivity index (χ0v) is 75.4. The van der Waals surface area contributed by atoms with Gasteiger partial charge in [-0.05, 0) is 196 Å². The zero-order chi connectivity index (χ0) is 85.8. The highest BCUT2D eigenvalue weighted by Gasteiger charge is 2.32. The molecule has 0 saturated carbocycles. The SMILES string of the molecule is CC(C)(C)OC(=O)n1cc(-c2ccc(Nc3nc(Cl)ncc3Cl)c(P(C)(C)=O)c2)cn1.CCCCO.CCc1cc(N)c(OC)cc1N1CCC(N2CCN(C)CC2)CC1.CCc1cc(Nc2ncc(Cl)c(Nc3ccc(-c4cn[nH]c4)cc3P(C)(C)=O)n2)c(OC)cc1N1CCC(N2CCN(C)CC2)CC1.Cc1ccc(S(=O)(=O)O)cc1. The van der Waals surface area contributed by atoms with Crippen molar-refractivity contribution in [2.24, 2.45) is 0 Å². The summed E-state index contributed by atoms with van der Waals surface area (Å²) < 4.78 is 73.7. The first kappa shape index (κ1) is 93.5. The van der Waals surface area contributed by atoms with Gasteiger partial charge in [0.15, 0.2) is 11.6 Å². The fourth-order valence-electron chi connectivity index (χ4n) is 14.2. The van der Waals surface area contributed by atoms with Crippen LogP contribution < -0.4 is 51.6 Å². The highest BCUT2D eigenvalue weighted by molar-refractivity contribution is 7.85. The van der Waals surface area contributed by atoms with E-state index < -0.39 is 36.1 Å². The number of likely N-dealkylation sites (N-methyl/N-ethyl adjacent to an activating group) is 2. The molecule has 13 rings (SSSR count). The number of hydrogen-bond donors (Lipinski definition) is 7. The molecule has 34 heteroatoms. The number of methoxy groups -OCH3 is 2. The minimum atomic E-state index is -4.02. The van der Waals surface area contributed by atoms with Gasteiger partial charge in [0.25, 0.3) is 10.1 Å². The molecule has 0 unspecified atom stereocenters. The Balaban J connectivity index is 0.000000192. The number of unbranched alkanes of at least 4 members (excludes halogenated alkanes) is 1. The van der Waals surface area contributed by atoms with E-state index in [4.69, 9.17) is 69.4 Å². The molecule has 0 bridgehead atoms. The first-order chi connectivity index (χ1) is 56.0. The Bertz CT molecular complexity index is 5000. The largest absolute Gasteiger partial charge is 0.495 e. The minimum absolute atomic E-state index is 0.0378. The molecule has 28 nitrogen and oxygen atoms in total. The second-order valence-corrected chi connectivity index (χ2v) is 40.4. The number of aliphatic hydroxyl groups is 1. The molecule has 640 valence electrons. The lowest BCUT2D eigenvalue weighted by Gasteiger charge is -2.43. The fraction of sp³-hybridized carbons (Fsp3) is 0.464. The number of aryl methyl sites for hydroxylation is 3. The molecule has 8 heterocycles. The average Bonchev–Trinajstić information content (AvgIpc) is 1.28. The Morgan fingerprint density at radius 1 is 0.619 bits per heavy atom. The van der Waals surface area contributed by atoms with Gasteiger partial charge in [0.1, 0.15) is 41.4 Å². The van der Waals surface area contributed by atoms with Gasteiger partial charge in [0.05, 0.1) is 66.7 Å². The van der Waals surface area contributed by atoms with Gasteiger partial charge in [-0.1, -0.05) is 80.2 Å². The number of nitrogens with two attached hydrogens (primary N) is 1. The number of carbonyl (C=O) groups excluding carboxylic acids is 1. The maximum atomic E-state index is 13.4. The van der Waals surface area contributed by atoms with Crippen LogP contribution in [0.15, 0.2) is 127 Å². The molecule has 4 fully saturated rings. The summed E-state index contributed by atoms with van der Waals surface area (Å²) in [6, 6.07) is 27.0. The summed E-state index contributed by atoms with van der Waals surface area (Å²) in [5.74, 6) is 2.60. The Morgan fingerprint density at radius 3 is 1.56 bits per heavy atom. The number of nitrogens with one attached hydrogen (secondary N) is 4. The first-order valence-electron chi connectivity index (χ1n) is 39.9. The van der Waals surface area contributed by atoms with E-state index in [0.29, 0.717) is 62.8 Å². The summed E-state index contributed by atoms with van der Waals surface area (Å²) in [6.45, 7) is 34.6. The predicted molar refractivity (Wildman–Crippen MR) is 481 cm³/mol. The molecule has 8 N–H and O–H groups in total. The summed E-state index contributed by atoms with van der Waals surface area (Å²) in [5, 5.41) is 30.7. The summed E-state index contributed by atoms with van der Waals surface area (Å²) >= 11 is 18.6. The lowest BCUT2D eigenvalue weighted by Crippen LogP contribution is -2.52. The molecular formula is C84H117Cl3N18O10P2S. The molecule has 0 amide bonds. The number of aromatic amines is 1. The predicted octanol–water partition coefficient (Wildman–Crippen LogP) is 15.5. The van der Waals surface area contributed by atoms with E-state index in [-0.39, 0.29) is 15.2 Å². The maximum Gasteiger partial charge on any atom is 0.435 e. The second-order valence-electron chi connectivity index (χ2n) is 31.5. The van der Waals surface area contributed by atoms with Crippen LogP contribution in [-0.2, 0) is 36.8 Å². The van der Waals surface area contributed by atoms with E-state index in [1.54, 1.807) is 111 Å². The van der Waals surface area contributed by atoms with Crippen LogP contribution >= 0.6 is 49.1 Å². The van der Waals surface area contributed by atoms with Crippen LogP contribution in [-0.4, -0.2) is 241 Å². The van der Waals surface area contributed by atoms with Gasteiger partial charge in [-0.25, -0.2) is 14.8 Å². The smallest absolute Gasteiger partial charge is 0.435 e. The van der Waals surface area contributed by atoms with Crippen molar-refractivity contribution in [2.45, 2.75) is 122 Å². The van der Waals surface area contributed by atoms with E-state index in [0.717, 1.165) is 134 Å². The normalized spacial score (nSPS) is 15.6. The monoisotopic (exact) mass is 1740 g/mol. The summed E-state index contributed by atoms with van der Waals surface area (Å²) in [6.07, 6.45) is 17.8. The molecule has 0 spiro atoms. The third kappa shape index (κ3) is 26.5. The van der Waals surface area contributed by atoms with Crippen molar-refractivity contribution in [1.29, 1.82) is 0 Å². The Kier molecular flexibility index (Phi) is 33.8. The zero-order valence-electron chi connectivity index (χ0n) is 70.5. The molecule has 4 aromatic heterocycles. The molecule has 118 heavy (non-hydrogen) atoms. The second kappa shape index (κ2) is 42.7. The van der Waals surface area contributed by atoms with Gasteiger partial charge in [0.2, 0.25) is 11.2 Å². The van der Waals surface area contributed by atoms with E-state index in [9.17, 15) is 22.3 Å². The third-order valence-electron chi connectivity index (χ3n) is 20.8. The Labute approximate surface area is 710 Å². The van der Waals surface area contributed by atoms with Crippen molar-refractivity contribution >= 4 is 128 Å². The molecule has 5 aromatic carbocycles. The molecule has 4 aliphatic heterocycles. The Morgan fingerprint density at radius 2 is 1.11 bits per heavy atom. The maximum absolute atomic E-state index is 13.4. The van der Waals surface area contributed by atoms with E-state index in [1.165, 1.54) is 92.7 Å². The number of anilines is 9. The third-order valence-corrected chi connectivity index (χ3v) is 25.5. The van der Waals surface area contributed by atoms with Gasteiger partial charge >= 0.3 is 6.09 Å². The number of carbonyl (C=O) groups is 1. The van der Waals surface area contributed by atoms with Crippen LogP contribution in [0.2, 0.25) is 15.3 Å². The number of rotatable bonds is 21. The number of nitrogen functional groups attached to an aromatic ring is 1. The van der Waals surface area contributed by atoms with Crippen molar-refractivity contribution in [1.82, 2.24) is 59.5 Å². The van der Waals surface area contributed by atoms with E-state index in [2.05, 4.69) is 135 Å². The number of ether oxygens (including phenoxy) is 3. The molecule has 0 radical (unpaired) electrons. The van der Waals surface area contributed by atoms with Crippen LogP contribution in [0.5, 0.6) is 11.5 Å². The summed E-state index contributed by atoms with van der Waals surface area (Å²) in [5.41, 5.74) is 17.5. The topological polar surface area (TPSA) is 333 Å². The number of H-pyrrole nitrogens is 1. The number of benzene rings is 5. The van der Waals surface area contributed by atoms with Gasteiger partial charge in [0, 0.05) is 155 Å². The summed E-state index contributed by atoms with van der Waals surface area (Å²) in [7, 11) is -1.58. The van der Waals surface area contributed by atoms with E-state index in [1.807, 2.05) is 37.4 Å². The lowest BCUT2D eigenvalue weighted by molar-refractivity contribution is 0.0514. The molecule has 0 aliphatic carbocycles.